The van der Waals surface area contributed by atoms with E-state index in [1.54, 1.807) is 30.3 Å². The molecule has 1 aromatic heterocycles. The first-order chi connectivity index (χ1) is 14.6. The highest BCUT2D eigenvalue weighted by Crippen LogP contribution is 2.25. The maximum Gasteiger partial charge on any atom is 0.252 e. The van der Waals surface area contributed by atoms with Gasteiger partial charge in [0.2, 0.25) is 5.91 Å². The average Bonchev–Trinajstić information content (AvgIpc) is 3.40. The second-order valence-corrected chi connectivity index (χ2v) is 7.27. The van der Waals surface area contributed by atoms with Gasteiger partial charge in [-0.2, -0.15) is 0 Å². The van der Waals surface area contributed by atoms with Gasteiger partial charge in [-0.3, -0.25) is 9.59 Å². The first kappa shape index (κ1) is 19.7. The summed E-state index contributed by atoms with van der Waals surface area (Å²) in [4.78, 5) is 31.1. The van der Waals surface area contributed by atoms with Crippen LogP contribution in [-0.4, -0.2) is 35.0 Å². The first-order valence-corrected chi connectivity index (χ1v) is 9.89. The molecule has 0 bridgehead atoms. The zero-order valence-electron chi connectivity index (χ0n) is 17.0. The fraction of sp³-hybridized carbons (Fsp3) is 0.261. The number of hydrogen-bond acceptors (Lipinski definition) is 4. The zero-order chi connectivity index (χ0) is 21.1. The monoisotopic (exact) mass is 404 g/mol. The summed E-state index contributed by atoms with van der Waals surface area (Å²) in [5.41, 5.74) is 2.25. The van der Waals surface area contributed by atoms with E-state index in [4.69, 9.17) is 4.74 Å². The summed E-state index contributed by atoms with van der Waals surface area (Å²) in [7, 11) is 3.51. The topological polar surface area (TPSA) is 76.5 Å². The Hall–Kier alpha value is -3.61. The molecule has 7 nitrogen and oxygen atoms in total. The molecule has 0 spiro atoms. The number of anilines is 1. The third-order valence-corrected chi connectivity index (χ3v) is 5.36. The lowest BCUT2D eigenvalue weighted by Gasteiger charge is -2.20. The number of nitrogens with one attached hydrogen (secondary N) is 1. The Morgan fingerprint density at radius 2 is 1.87 bits per heavy atom. The van der Waals surface area contributed by atoms with E-state index in [2.05, 4.69) is 10.3 Å². The molecule has 1 aliphatic rings. The molecule has 30 heavy (non-hydrogen) atoms. The number of carbonyl (C=O) groups is 2. The third-order valence-electron chi connectivity index (χ3n) is 5.36. The molecule has 1 unspecified atom stereocenters. The van der Waals surface area contributed by atoms with Crippen LogP contribution >= 0.6 is 0 Å². The number of methoxy groups -OCH3 is 1. The Kier molecular flexibility index (Phi) is 5.52. The molecule has 0 radical (unpaired) electrons. The highest BCUT2D eigenvalue weighted by atomic mass is 16.5. The van der Waals surface area contributed by atoms with Crippen molar-refractivity contribution in [1.29, 1.82) is 0 Å². The van der Waals surface area contributed by atoms with Crippen LogP contribution < -0.4 is 15.0 Å². The molecule has 1 saturated heterocycles. The van der Waals surface area contributed by atoms with Gasteiger partial charge in [-0.05, 0) is 48.4 Å². The standard InChI is InChI=1S/C23H24N4O3/c1-26-15-13-24-22(26)21(16-7-11-19(30-2)12-8-16)25-23(29)17-5-9-18(10-6-17)27-14-3-4-20(27)28/h5-13,15,21H,3-4,14H2,1-2H3,(H,25,29). The molecule has 3 aromatic rings. The van der Waals surface area contributed by atoms with Gasteiger partial charge in [0, 0.05) is 43.7 Å². The summed E-state index contributed by atoms with van der Waals surface area (Å²) < 4.78 is 7.12. The Bertz CT molecular complexity index is 1040. The van der Waals surface area contributed by atoms with Crippen LogP contribution in [0.25, 0.3) is 0 Å². The summed E-state index contributed by atoms with van der Waals surface area (Å²) in [6, 6.07) is 14.3. The molecular weight excluding hydrogens is 380 g/mol. The van der Waals surface area contributed by atoms with Crippen LogP contribution in [0.2, 0.25) is 0 Å². The SMILES string of the molecule is COc1ccc(C(NC(=O)c2ccc(N3CCCC3=O)cc2)c2nccn2C)cc1. The summed E-state index contributed by atoms with van der Waals surface area (Å²) in [5.74, 6) is 1.39. The summed E-state index contributed by atoms with van der Waals surface area (Å²) >= 11 is 0. The van der Waals surface area contributed by atoms with Crippen molar-refractivity contribution in [3.8, 4) is 5.75 Å². The highest BCUT2D eigenvalue weighted by Gasteiger charge is 2.23. The van der Waals surface area contributed by atoms with Crippen molar-refractivity contribution in [1.82, 2.24) is 14.9 Å². The normalized spacial score (nSPS) is 14.6. The smallest absolute Gasteiger partial charge is 0.252 e. The first-order valence-electron chi connectivity index (χ1n) is 9.89. The van der Waals surface area contributed by atoms with E-state index in [9.17, 15) is 9.59 Å². The highest BCUT2D eigenvalue weighted by molar-refractivity contribution is 5.97. The van der Waals surface area contributed by atoms with Crippen molar-refractivity contribution < 1.29 is 14.3 Å². The van der Waals surface area contributed by atoms with Crippen molar-refractivity contribution in [3.63, 3.8) is 0 Å². The Morgan fingerprint density at radius 3 is 2.43 bits per heavy atom. The van der Waals surface area contributed by atoms with E-state index in [0.717, 1.165) is 35.8 Å². The van der Waals surface area contributed by atoms with Gasteiger partial charge in [-0.1, -0.05) is 12.1 Å². The van der Waals surface area contributed by atoms with Crippen LogP contribution in [0, 0.1) is 0 Å². The number of imidazole rings is 1. The zero-order valence-corrected chi connectivity index (χ0v) is 17.0. The molecule has 2 heterocycles. The Labute approximate surface area is 175 Å². The number of aryl methyl sites for hydroxylation is 1. The minimum Gasteiger partial charge on any atom is -0.497 e. The quantitative estimate of drug-likeness (QED) is 0.685. The van der Waals surface area contributed by atoms with E-state index >= 15 is 0 Å². The predicted molar refractivity (Wildman–Crippen MR) is 114 cm³/mol. The molecule has 0 saturated carbocycles. The van der Waals surface area contributed by atoms with Crippen molar-refractivity contribution in [2.24, 2.45) is 7.05 Å². The number of carbonyl (C=O) groups excluding carboxylic acids is 2. The molecule has 7 heteroatoms. The molecule has 1 aliphatic heterocycles. The van der Waals surface area contributed by atoms with Crippen molar-refractivity contribution in [2.45, 2.75) is 18.9 Å². The van der Waals surface area contributed by atoms with Gasteiger partial charge in [0.25, 0.3) is 5.91 Å². The number of rotatable bonds is 6. The van der Waals surface area contributed by atoms with Gasteiger partial charge in [0.05, 0.1) is 7.11 Å². The van der Waals surface area contributed by atoms with Crippen molar-refractivity contribution in [3.05, 3.63) is 77.9 Å². The second kappa shape index (κ2) is 8.41. The summed E-state index contributed by atoms with van der Waals surface area (Å²) in [5, 5.41) is 3.08. The van der Waals surface area contributed by atoms with Gasteiger partial charge in [-0.15, -0.1) is 0 Å². The maximum absolute atomic E-state index is 13.0. The number of ether oxygens (including phenoxy) is 1. The van der Waals surface area contributed by atoms with E-state index in [1.165, 1.54) is 0 Å². The summed E-state index contributed by atoms with van der Waals surface area (Å²) in [6.07, 6.45) is 5.00. The van der Waals surface area contributed by atoms with Crippen LogP contribution in [0.3, 0.4) is 0 Å². The largest absolute Gasteiger partial charge is 0.497 e. The third kappa shape index (κ3) is 3.91. The van der Waals surface area contributed by atoms with Crippen molar-refractivity contribution >= 4 is 17.5 Å². The fourth-order valence-corrected chi connectivity index (χ4v) is 3.68. The van der Waals surface area contributed by atoms with Gasteiger partial charge < -0.3 is 19.5 Å². The van der Waals surface area contributed by atoms with E-state index < -0.39 is 6.04 Å². The Balaban J connectivity index is 1.57. The van der Waals surface area contributed by atoms with Gasteiger partial charge in [0.15, 0.2) is 0 Å². The minimum absolute atomic E-state index is 0.126. The molecule has 1 fully saturated rings. The number of benzene rings is 2. The van der Waals surface area contributed by atoms with Gasteiger partial charge in [0.1, 0.15) is 17.6 Å². The number of aromatic nitrogens is 2. The summed E-state index contributed by atoms with van der Waals surface area (Å²) in [6.45, 7) is 0.725. The van der Waals surface area contributed by atoms with Crippen LogP contribution in [0.5, 0.6) is 5.75 Å². The number of amides is 2. The second-order valence-electron chi connectivity index (χ2n) is 7.27. The van der Waals surface area contributed by atoms with Crippen molar-refractivity contribution in [2.75, 3.05) is 18.6 Å². The number of hydrogen-bond donors (Lipinski definition) is 1. The molecule has 1 N–H and O–H groups in total. The Morgan fingerprint density at radius 1 is 1.13 bits per heavy atom. The van der Waals surface area contributed by atoms with E-state index in [0.29, 0.717) is 12.0 Å². The molecule has 4 rings (SSSR count). The molecule has 154 valence electrons. The average molecular weight is 404 g/mol. The predicted octanol–water partition coefficient (Wildman–Crippen LogP) is 3.07. The molecule has 0 aliphatic carbocycles. The van der Waals surface area contributed by atoms with Crippen LogP contribution in [0.4, 0.5) is 5.69 Å². The molecular formula is C23H24N4O3. The maximum atomic E-state index is 13.0. The van der Waals surface area contributed by atoms with Crippen LogP contribution in [0.15, 0.2) is 60.9 Å². The van der Waals surface area contributed by atoms with E-state index in [1.807, 2.05) is 54.2 Å². The molecule has 2 amide bonds. The number of nitrogens with zero attached hydrogens (tertiary/aromatic N) is 3. The lowest BCUT2D eigenvalue weighted by atomic mass is 10.0. The van der Waals surface area contributed by atoms with Gasteiger partial charge in [-0.25, -0.2) is 4.98 Å². The van der Waals surface area contributed by atoms with Crippen LogP contribution in [-0.2, 0) is 11.8 Å². The van der Waals surface area contributed by atoms with Gasteiger partial charge >= 0.3 is 0 Å². The van der Waals surface area contributed by atoms with Crippen LogP contribution in [0.1, 0.15) is 40.6 Å². The lowest BCUT2D eigenvalue weighted by molar-refractivity contribution is -0.117. The fourth-order valence-electron chi connectivity index (χ4n) is 3.68. The molecule has 2 aromatic carbocycles. The van der Waals surface area contributed by atoms with E-state index in [-0.39, 0.29) is 11.8 Å². The molecule has 1 atom stereocenters. The lowest BCUT2D eigenvalue weighted by Crippen LogP contribution is -2.31. The minimum atomic E-state index is -0.414.